The molecule has 0 spiro atoms. The Labute approximate surface area is 81.1 Å². The van der Waals surface area contributed by atoms with E-state index in [9.17, 15) is 0 Å². The van der Waals surface area contributed by atoms with Gasteiger partial charge in [0, 0.05) is 3.57 Å². The van der Waals surface area contributed by atoms with Gasteiger partial charge in [0.05, 0.1) is 0 Å². The summed E-state index contributed by atoms with van der Waals surface area (Å²) in [6, 6.07) is 6.54. The minimum Gasteiger partial charge on any atom is -0.330 e. The molecule has 11 heavy (non-hydrogen) atoms. The summed E-state index contributed by atoms with van der Waals surface area (Å²) < 4.78 is 1.30. The molecule has 0 radical (unpaired) electrons. The number of halogens is 1. The Kier molecular flexibility index (Phi) is 3.33. The molecular weight excluding hydrogens is 249 g/mol. The normalized spacial score (nSPS) is 10.1. The summed E-state index contributed by atoms with van der Waals surface area (Å²) in [6.45, 7) is 2.85. The lowest BCUT2D eigenvalue weighted by molar-refractivity contribution is 0.965. The third-order valence-electron chi connectivity index (χ3n) is 1.53. The molecule has 0 saturated heterocycles. The van der Waals surface area contributed by atoms with Crippen molar-refractivity contribution in [3.05, 3.63) is 32.9 Å². The monoisotopic (exact) mass is 261 g/mol. The molecule has 0 bridgehead atoms. The van der Waals surface area contributed by atoms with Crippen LogP contribution in [-0.4, -0.2) is 6.54 Å². The second-order valence-electron chi connectivity index (χ2n) is 2.68. The van der Waals surface area contributed by atoms with Crippen LogP contribution in [0.5, 0.6) is 0 Å². The Morgan fingerprint density at radius 2 is 2.09 bits per heavy atom. The van der Waals surface area contributed by atoms with Gasteiger partial charge >= 0.3 is 0 Å². The van der Waals surface area contributed by atoms with E-state index in [1.165, 1.54) is 14.7 Å². The molecule has 0 unspecified atom stereocenters. The highest BCUT2D eigenvalue weighted by Gasteiger charge is 1.94. The molecule has 60 valence electrons. The van der Waals surface area contributed by atoms with Crippen LogP contribution in [0.25, 0.3) is 0 Å². The Balaban J connectivity index is 2.89. The summed E-state index contributed by atoms with van der Waals surface area (Å²) in [7, 11) is 0. The van der Waals surface area contributed by atoms with E-state index in [4.69, 9.17) is 5.73 Å². The molecule has 1 nitrogen and oxygen atoms in total. The third kappa shape index (κ3) is 2.79. The molecule has 0 aliphatic rings. The maximum Gasteiger partial charge on any atom is 0.0135 e. The fraction of sp³-hybridized carbons (Fsp3) is 0.333. The summed E-state index contributed by atoms with van der Waals surface area (Å²) >= 11 is 2.33. The van der Waals surface area contributed by atoms with E-state index >= 15 is 0 Å². The number of aryl methyl sites for hydroxylation is 1. The molecule has 0 saturated carbocycles. The van der Waals surface area contributed by atoms with Gasteiger partial charge in [0.1, 0.15) is 0 Å². The number of benzene rings is 1. The van der Waals surface area contributed by atoms with Gasteiger partial charge in [0.2, 0.25) is 0 Å². The van der Waals surface area contributed by atoms with Gasteiger partial charge in [-0.15, -0.1) is 0 Å². The molecular formula is C9H12IN. The lowest BCUT2D eigenvalue weighted by Gasteiger charge is -2.01. The quantitative estimate of drug-likeness (QED) is 0.810. The Morgan fingerprint density at radius 3 is 2.64 bits per heavy atom. The van der Waals surface area contributed by atoms with Crippen molar-refractivity contribution in [2.75, 3.05) is 6.54 Å². The van der Waals surface area contributed by atoms with Crippen molar-refractivity contribution in [2.45, 2.75) is 13.3 Å². The van der Waals surface area contributed by atoms with Crippen LogP contribution in [0, 0.1) is 10.5 Å². The fourth-order valence-corrected chi connectivity index (χ4v) is 2.01. The average Bonchev–Trinajstić information content (AvgIpc) is 1.85. The smallest absolute Gasteiger partial charge is 0.0135 e. The summed E-state index contributed by atoms with van der Waals surface area (Å²) in [5, 5.41) is 0. The maximum atomic E-state index is 5.46. The second-order valence-corrected chi connectivity index (χ2v) is 3.92. The van der Waals surface area contributed by atoms with E-state index in [0.717, 1.165) is 13.0 Å². The standard InChI is InChI=1S/C9H12IN/c1-7-4-8(2-3-11)6-9(10)5-7/h4-6H,2-3,11H2,1H3. The minimum atomic E-state index is 0.736. The van der Waals surface area contributed by atoms with Gasteiger partial charge in [-0.05, 0) is 65.7 Å². The lowest BCUT2D eigenvalue weighted by atomic mass is 10.1. The molecule has 0 aliphatic heterocycles. The van der Waals surface area contributed by atoms with Gasteiger partial charge in [-0.2, -0.15) is 0 Å². The predicted octanol–water partition coefficient (Wildman–Crippen LogP) is 2.10. The molecule has 2 N–H and O–H groups in total. The zero-order valence-corrected chi connectivity index (χ0v) is 8.76. The van der Waals surface area contributed by atoms with E-state index < -0.39 is 0 Å². The zero-order chi connectivity index (χ0) is 8.27. The summed E-state index contributed by atoms with van der Waals surface area (Å²) in [6.07, 6.45) is 0.984. The molecule has 0 heterocycles. The van der Waals surface area contributed by atoms with Crippen LogP contribution < -0.4 is 5.73 Å². The van der Waals surface area contributed by atoms with E-state index in [1.807, 2.05) is 0 Å². The first kappa shape index (κ1) is 9.00. The van der Waals surface area contributed by atoms with Crippen molar-refractivity contribution in [2.24, 2.45) is 5.73 Å². The topological polar surface area (TPSA) is 26.0 Å². The Morgan fingerprint density at radius 1 is 1.36 bits per heavy atom. The first-order valence-electron chi connectivity index (χ1n) is 3.68. The number of rotatable bonds is 2. The minimum absolute atomic E-state index is 0.736. The SMILES string of the molecule is Cc1cc(I)cc(CCN)c1. The highest BCUT2D eigenvalue weighted by atomic mass is 127. The van der Waals surface area contributed by atoms with E-state index in [0.29, 0.717) is 0 Å². The number of hydrogen-bond acceptors (Lipinski definition) is 1. The fourth-order valence-electron chi connectivity index (χ4n) is 1.12. The molecule has 1 aromatic rings. The van der Waals surface area contributed by atoms with Crippen molar-refractivity contribution >= 4 is 22.6 Å². The molecule has 0 aliphatic carbocycles. The number of nitrogens with two attached hydrogens (primary N) is 1. The van der Waals surface area contributed by atoms with Gasteiger partial charge < -0.3 is 5.73 Å². The van der Waals surface area contributed by atoms with Crippen LogP contribution in [0.2, 0.25) is 0 Å². The van der Waals surface area contributed by atoms with Gasteiger partial charge in [-0.3, -0.25) is 0 Å². The van der Waals surface area contributed by atoms with Crippen LogP contribution >= 0.6 is 22.6 Å². The van der Waals surface area contributed by atoms with Crippen LogP contribution in [-0.2, 0) is 6.42 Å². The second kappa shape index (κ2) is 4.07. The Bertz CT molecular complexity index is 225. The van der Waals surface area contributed by atoms with E-state index in [2.05, 4.69) is 47.7 Å². The predicted molar refractivity (Wildman–Crippen MR) is 56.7 cm³/mol. The molecule has 1 rings (SSSR count). The highest BCUT2D eigenvalue weighted by Crippen LogP contribution is 2.11. The lowest BCUT2D eigenvalue weighted by Crippen LogP contribution is -2.02. The van der Waals surface area contributed by atoms with Gasteiger partial charge in [0.15, 0.2) is 0 Å². The van der Waals surface area contributed by atoms with Crippen molar-refractivity contribution in [3.63, 3.8) is 0 Å². The maximum absolute atomic E-state index is 5.46. The van der Waals surface area contributed by atoms with Crippen LogP contribution in [0.15, 0.2) is 18.2 Å². The van der Waals surface area contributed by atoms with Gasteiger partial charge in [0.25, 0.3) is 0 Å². The van der Waals surface area contributed by atoms with Crippen molar-refractivity contribution in [3.8, 4) is 0 Å². The van der Waals surface area contributed by atoms with E-state index in [1.54, 1.807) is 0 Å². The van der Waals surface area contributed by atoms with Crippen molar-refractivity contribution < 1.29 is 0 Å². The van der Waals surface area contributed by atoms with Gasteiger partial charge in [-0.25, -0.2) is 0 Å². The summed E-state index contributed by atoms with van der Waals surface area (Å²) in [4.78, 5) is 0. The van der Waals surface area contributed by atoms with E-state index in [-0.39, 0.29) is 0 Å². The number of hydrogen-bond donors (Lipinski definition) is 1. The molecule has 1 aromatic carbocycles. The van der Waals surface area contributed by atoms with Crippen molar-refractivity contribution in [1.82, 2.24) is 0 Å². The first-order chi connectivity index (χ1) is 5.22. The average molecular weight is 261 g/mol. The Hall–Kier alpha value is -0.0900. The van der Waals surface area contributed by atoms with Crippen LogP contribution in [0.1, 0.15) is 11.1 Å². The zero-order valence-electron chi connectivity index (χ0n) is 6.60. The van der Waals surface area contributed by atoms with Gasteiger partial charge in [-0.1, -0.05) is 6.07 Å². The molecule has 0 fully saturated rings. The highest BCUT2D eigenvalue weighted by molar-refractivity contribution is 14.1. The van der Waals surface area contributed by atoms with Crippen molar-refractivity contribution in [1.29, 1.82) is 0 Å². The summed E-state index contributed by atoms with van der Waals surface area (Å²) in [5.41, 5.74) is 8.12. The third-order valence-corrected chi connectivity index (χ3v) is 2.16. The molecule has 0 aromatic heterocycles. The summed E-state index contributed by atoms with van der Waals surface area (Å²) in [5.74, 6) is 0. The van der Waals surface area contributed by atoms with Crippen LogP contribution in [0.4, 0.5) is 0 Å². The first-order valence-corrected chi connectivity index (χ1v) is 4.76. The molecule has 2 heteroatoms. The molecule has 0 atom stereocenters. The van der Waals surface area contributed by atoms with Crippen LogP contribution in [0.3, 0.4) is 0 Å². The largest absolute Gasteiger partial charge is 0.330 e. The molecule has 0 amide bonds.